The first kappa shape index (κ1) is 8.70. The van der Waals surface area contributed by atoms with Gasteiger partial charge in [-0.3, -0.25) is 0 Å². The zero-order valence-corrected chi connectivity index (χ0v) is 6.33. The van der Waals surface area contributed by atoms with Crippen LogP contribution in [0.1, 0.15) is 0 Å². The van der Waals surface area contributed by atoms with Crippen molar-refractivity contribution in [3.05, 3.63) is 18.3 Å². The molecule has 12 heavy (non-hydrogen) atoms. The van der Waals surface area contributed by atoms with Crippen molar-refractivity contribution < 1.29 is 18.3 Å². The van der Waals surface area contributed by atoms with Crippen molar-refractivity contribution in [1.82, 2.24) is 4.98 Å². The van der Waals surface area contributed by atoms with E-state index >= 15 is 0 Å². The van der Waals surface area contributed by atoms with E-state index in [0.29, 0.717) is 5.75 Å². The summed E-state index contributed by atoms with van der Waals surface area (Å²) in [6.45, 7) is -2.86. The Hall–Kier alpha value is -1.39. The second-order valence-electron chi connectivity index (χ2n) is 1.91. The largest absolute Gasteiger partial charge is 0.497 e. The highest BCUT2D eigenvalue weighted by atomic mass is 19.3. The molecule has 0 spiro atoms. The lowest BCUT2D eigenvalue weighted by Crippen LogP contribution is -2.03. The van der Waals surface area contributed by atoms with Gasteiger partial charge in [-0.15, -0.1) is 0 Å². The molecule has 0 bridgehead atoms. The van der Waals surface area contributed by atoms with Gasteiger partial charge in [0.2, 0.25) is 5.88 Å². The summed E-state index contributed by atoms with van der Waals surface area (Å²) >= 11 is 0. The normalized spacial score (nSPS) is 10.0. The quantitative estimate of drug-likeness (QED) is 0.700. The molecule has 0 amide bonds. The SMILES string of the molecule is COc1ccnc(OC(F)F)c1. The Morgan fingerprint density at radius 2 is 2.25 bits per heavy atom. The molecule has 0 aliphatic carbocycles. The minimum Gasteiger partial charge on any atom is -0.497 e. The maximum atomic E-state index is 11.7. The molecule has 1 aromatic rings. The van der Waals surface area contributed by atoms with Gasteiger partial charge < -0.3 is 9.47 Å². The third-order valence-corrected chi connectivity index (χ3v) is 1.15. The Kier molecular flexibility index (Phi) is 2.79. The van der Waals surface area contributed by atoms with E-state index in [9.17, 15) is 8.78 Å². The molecule has 0 fully saturated rings. The van der Waals surface area contributed by atoms with Crippen LogP contribution in [0.5, 0.6) is 11.6 Å². The van der Waals surface area contributed by atoms with Gasteiger partial charge in [0.15, 0.2) is 0 Å². The van der Waals surface area contributed by atoms with E-state index in [1.165, 1.54) is 19.4 Å². The number of hydrogen-bond acceptors (Lipinski definition) is 3. The van der Waals surface area contributed by atoms with Crippen molar-refractivity contribution in [3.63, 3.8) is 0 Å². The molecule has 0 atom stereocenters. The van der Waals surface area contributed by atoms with Crippen LogP contribution < -0.4 is 9.47 Å². The molecular weight excluding hydrogens is 168 g/mol. The van der Waals surface area contributed by atoms with Gasteiger partial charge in [0.1, 0.15) is 5.75 Å². The number of alkyl halides is 2. The lowest BCUT2D eigenvalue weighted by atomic mass is 10.4. The smallest absolute Gasteiger partial charge is 0.388 e. The minimum absolute atomic E-state index is 0.149. The lowest BCUT2D eigenvalue weighted by molar-refractivity contribution is -0.0529. The van der Waals surface area contributed by atoms with Crippen molar-refractivity contribution in [2.24, 2.45) is 0 Å². The second-order valence-corrected chi connectivity index (χ2v) is 1.91. The third-order valence-electron chi connectivity index (χ3n) is 1.15. The fourth-order valence-electron chi connectivity index (χ4n) is 0.674. The summed E-state index contributed by atoms with van der Waals surface area (Å²) in [5.41, 5.74) is 0. The molecule has 0 saturated heterocycles. The maximum absolute atomic E-state index is 11.7. The third kappa shape index (κ3) is 2.34. The number of pyridine rings is 1. The molecule has 0 N–H and O–H groups in total. The van der Waals surface area contributed by atoms with Crippen LogP contribution in [0.3, 0.4) is 0 Å². The zero-order valence-electron chi connectivity index (χ0n) is 6.33. The molecule has 0 aromatic carbocycles. The summed E-state index contributed by atoms with van der Waals surface area (Å²) in [7, 11) is 1.43. The summed E-state index contributed by atoms with van der Waals surface area (Å²) in [4.78, 5) is 3.55. The number of ether oxygens (including phenoxy) is 2. The van der Waals surface area contributed by atoms with Crippen LogP contribution in [-0.2, 0) is 0 Å². The summed E-state index contributed by atoms with van der Waals surface area (Å²) < 4.78 is 32.1. The number of nitrogens with zero attached hydrogens (tertiary/aromatic N) is 1. The Labute approximate surface area is 67.9 Å². The number of aromatic nitrogens is 1. The Bertz CT molecular complexity index is 255. The van der Waals surface area contributed by atoms with Gasteiger partial charge in [0, 0.05) is 12.3 Å². The second kappa shape index (κ2) is 3.85. The van der Waals surface area contributed by atoms with E-state index in [2.05, 4.69) is 9.72 Å². The van der Waals surface area contributed by atoms with Gasteiger partial charge in [-0.2, -0.15) is 8.78 Å². The molecule has 5 heteroatoms. The average Bonchev–Trinajstić information content (AvgIpc) is 2.03. The summed E-state index contributed by atoms with van der Waals surface area (Å²) in [6, 6.07) is 2.82. The monoisotopic (exact) mass is 175 g/mol. The van der Waals surface area contributed by atoms with E-state index in [1.54, 1.807) is 6.07 Å². The Morgan fingerprint density at radius 3 is 2.83 bits per heavy atom. The summed E-state index contributed by atoms with van der Waals surface area (Å²) in [5, 5.41) is 0. The number of halogens is 2. The van der Waals surface area contributed by atoms with Gasteiger partial charge in [-0.25, -0.2) is 4.98 Å². The van der Waals surface area contributed by atoms with Crippen molar-refractivity contribution in [2.75, 3.05) is 7.11 Å². The molecule has 1 aromatic heterocycles. The minimum atomic E-state index is -2.86. The van der Waals surface area contributed by atoms with Crippen LogP contribution in [0.2, 0.25) is 0 Å². The van der Waals surface area contributed by atoms with Crippen molar-refractivity contribution in [2.45, 2.75) is 6.61 Å². The van der Waals surface area contributed by atoms with Crippen LogP contribution in [0.25, 0.3) is 0 Å². The summed E-state index contributed by atoms with van der Waals surface area (Å²) in [5.74, 6) is 0.282. The highest BCUT2D eigenvalue weighted by Crippen LogP contribution is 2.16. The highest BCUT2D eigenvalue weighted by molar-refractivity contribution is 5.25. The fourth-order valence-corrected chi connectivity index (χ4v) is 0.674. The van der Waals surface area contributed by atoms with Crippen molar-refractivity contribution in [3.8, 4) is 11.6 Å². The van der Waals surface area contributed by atoms with Crippen LogP contribution in [0, 0.1) is 0 Å². The van der Waals surface area contributed by atoms with Gasteiger partial charge in [0.05, 0.1) is 7.11 Å². The molecular formula is C7H7F2NO2. The average molecular weight is 175 g/mol. The maximum Gasteiger partial charge on any atom is 0.388 e. The summed E-state index contributed by atoms with van der Waals surface area (Å²) in [6.07, 6.45) is 1.33. The predicted molar refractivity (Wildman–Crippen MR) is 37.4 cm³/mol. The van der Waals surface area contributed by atoms with Gasteiger partial charge in [0.25, 0.3) is 0 Å². The molecule has 0 aliphatic heterocycles. The topological polar surface area (TPSA) is 31.4 Å². The van der Waals surface area contributed by atoms with Crippen LogP contribution in [-0.4, -0.2) is 18.7 Å². The molecule has 0 saturated carbocycles. The fraction of sp³-hybridized carbons (Fsp3) is 0.286. The Balaban J connectivity index is 2.72. The van der Waals surface area contributed by atoms with E-state index in [0.717, 1.165) is 0 Å². The first-order valence-corrected chi connectivity index (χ1v) is 3.17. The standard InChI is InChI=1S/C7H7F2NO2/c1-11-5-2-3-10-6(4-5)12-7(8)9/h2-4,7H,1H3. The molecule has 66 valence electrons. The Morgan fingerprint density at radius 1 is 1.50 bits per heavy atom. The van der Waals surface area contributed by atoms with Crippen LogP contribution in [0.15, 0.2) is 18.3 Å². The number of hydrogen-bond donors (Lipinski definition) is 0. The van der Waals surface area contributed by atoms with E-state index in [1.807, 2.05) is 0 Å². The van der Waals surface area contributed by atoms with Crippen molar-refractivity contribution in [1.29, 1.82) is 0 Å². The van der Waals surface area contributed by atoms with E-state index in [4.69, 9.17) is 4.74 Å². The molecule has 1 heterocycles. The van der Waals surface area contributed by atoms with Gasteiger partial charge in [-0.1, -0.05) is 0 Å². The molecule has 1 rings (SSSR count). The molecule has 0 radical (unpaired) electrons. The van der Waals surface area contributed by atoms with Gasteiger partial charge in [-0.05, 0) is 6.07 Å². The number of methoxy groups -OCH3 is 1. The number of rotatable bonds is 3. The zero-order chi connectivity index (χ0) is 8.97. The van der Waals surface area contributed by atoms with Crippen LogP contribution >= 0.6 is 0 Å². The van der Waals surface area contributed by atoms with E-state index in [-0.39, 0.29) is 5.88 Å². The molecule has 0 aliphatic rings. The van der Waals surface area contributed by atoms with Crippen molar-refractivity contribution >= 4 is 0 Å². The lowest BCUT2D eigenvalue weighted by Gasteiger charge is -2.03. The first-order chi connectivity index (χ1) is 5.72. The first-order valence-electron chi connectivity index (χ1n) is 3.17. The highest BCUT2D eigenvalue weighted by Gasteiger charge is 2.05. The predicted octanol–water partition coefficient (Wildman–Crippen LogP) is 1.69. The molecule has 0 unspecified atom stereocenters. The van der Waals surface area contributed by atoms with Gasteiger partial charge >= 0.3 is 6.61 Å². The van der Waals surface area contributed by atoms with E-state index < -0.39 is 6.61 Å². The van der Waals surface area contributed by atoms with Crippen LogP contribution in [0.4, 0.5) is 8.78 Å². The molecule has 3 nitrogen and oxygen atoms in total.